The molecule has 262 valence electrons. The predicted octanol–water partition coefficient (Wildman–Crippen LogP) is 5.01. The van der Waals surface area contributed by atoms with Crippen molar-refractivity contribution < 1.29 is 33.8 Å². The largest absolute Gasteiger partial charge is 0.463 e. The van der Waals surface area contributed by atoms with Gasteiger partial charge in [-0.15, -0.1) is 13.2 Å². The molecule has 3 saturated heterocycles. The van der Waals surface area contributed by atoms with Gasteiger partial charge < -0.3 is 29.7 Å². The van der Waals surface area contributed by atoms with Gasteiger partial charge in [0, 0.05) is 13.0 Å². The van der Waals surface area contributed by atoms with Crippen LogP contribution >= 0.6 is 11.6 Å². The molecule has 3 aliphatic rings. The summed E-state index contributed by atoms with van der Waals surface area (Å²) in [6.45, 7) is 11.1. The summed E-state index contributed by atoms with van der Waals surface area (Å²) in [6, 6.07) is 13.6. The lowest BCUT2D eigenvalue weighted by molar-refractivity contribution is -0.146. The maximum atomic E-state index is 14.8. The number of rotatable bonds is 16. The van der Waals surface area contributed by atoms with Crippen molar-refractivity contribution >= 4 is 41.0 Å². The maximum absolute atomic E-state index is 14.8. The van der Waals surface area contributed by atoms with E-state index in [1.807, 2.05) is 44.2 Å². The summed E-state index contributed by atoms with van der Waals surface area (Å²) in [7, 11) is 0. The molecule has 2 aromatic rings. The van der Waals surface area contributed by atoms with E-state index in [0.29, 0.717) is 36.4 Å². The highest BCUT2D eigenvalue weighted by Crippen LogP contribution is 2.59. The average Bonchev–Trinajstić information content (AvgIpc) is 3.74. The number of carbonyl (C=O) groups is 4. The number of allylic oxidation sites excluding steroid dienone is 1. The van der Waals surface area contributed by atoms with Crippen LogP contribution in [0.1, 0.15) is 57.6 Å². The first-order chi connectivity index (χ1) is 23.6. The van der Waals surface area contributed by atoms with Crippen molar-refractivity contribution in [3.63, 3.8) is 0 Å². The number of esters is 1. The topological polar surface area (TPSA) is 125 Å². The number of carbonyl (C=O) groups excluding carboxylic acids is 4. The van der Waals surface area contributed by atoms with Gasteiger partial charge in [0.25, 0.3) is 5.91 Å². The minimum absolute atomic E-state index is 0.101. The number of para-hydroxylation sites is 1. The second-order valence-corrected chi connectivity index (χ2v) is 13.8. The third-order valence-corrected chi connectivity index (χ3v) is 10.1. The molecule has 49 heavy (non-hydrogen) atoms. The Bertz CT molecular complexity index is 1550. The summed E-state index contributed by atoms with van der Waals surface area (Å²) in [6.07, 6.45) is 4.55. The number of halogens is 1. The molecule has 2 aromatic carbocycles. The van der Waals surface area contributed by atoms with E-state index in [-0.39, 0.29) is 32.1 Å². The number of benzene rings is 2. The average molecular weight is 692 g/mol. The number of hydrogen-bond acceptors (Lipinski definition) is 7. The summed E-state index contributed by atoms with van der Waals surface area (Å²) >= 11 is 6.58. The molecule has 3 heterocycles. The lowest BCUT2D eigenvalue weighted by atomic mass is 9.70. The fourth-order valence-electron chi connectivity index (χ4n) is 7.78. The van der Waals surface area contributed by atoms with Gasteiger partial charge in [-0.2, -0.15) is 0 Å². The Balaban J connectivity index is 1.51. The van der Waals surface area contributed by atoms with Crippen molar-refractivity contribution in [1.29, 1.82) is 0 Å². The van der Waals surface area contributed by atoms with Crippen LogP contribution in [0, 0.1) is 17.8 Å². The number of likely N-dealkylation sites (tertiary alicyclic amines) is 1. The van der Waals surface area contributed by atoms with E-state index in [0.717, 1.165) is 5.56 Å². The van der Waals surface area contributed by atoms with Crippen molar-refractivity contribution in [1.82, 2.24) is 10.2 Å². The molecule has 1 spiro atoms. The van der Waals surface area contributed by atoms with Crippen molar-refractivity contribution in [2.45, 2.75) is 75.8 Å². The van der Waals surface area contributed by atoms with Crippen molar-refractivity contribution in [3.8, 4) is 0 Å². The van der Waals surface area contributed by atoms with Crippen molar-refractivity contribution in [2.75, 3.05) is 24.7 Å². The van der Waals surface area contributed by atoms with Gasteiger partial charge >= 0.3 is 5.97 Å². The Morgan fingerprint density at radius 3 is 2.51 bits per heavy atom. The summed E-state index contributed by atoms with van der Waals surface area (Å²) in [4.78, 5) is 59.2. The molecule has 3 aliphatic heterocycles. The third kappa shape index (κ3) is 7.18. The second-order valence-electron chi connectivity index (χ2n) is 13.4. The zero-order chi connectivity index (χ0) is 35.3. The Labute approximate surface area is 293 Å². The standard InChI is InChI=1S/C38H46ClN3O7/c1-5-7-17-31(44)48-23-28(25-13-9-8-10-14-25)40-35(45)32-30-18-19-38(49-30)33(32)36(46)42(26(22-43)21-24(3)4)34(38)37(47)41(20-6-2)29-16-12-11-15-27(29)39/h5-6,8-16,24,26,28,30,32-34,43H,1-2,7,17-23H2,3-4H3,(H,40,45)/t26-,28+,30-,32+,33+,34-,38+/m1/s1. The number of ether oxygens (including phenoxy) is 2. The molecule has 2 N–H and O–H groups in total. The van der Waals surface area contributed by atoms with Gasteiger partial charge in [-0.25, -0.2) is 0 Å². The third-order valence-electron chi connectivity index (χ3n) is 9.83. The van der Waals surface area contributed by atoms with Gasteiger partial charge in [0.05, 0.1) is 47.3 Å². The second kappa shape index (κ2) is 15.7. The molecule has 3 fully saturated rings. The van der Waals surface area contributed by atoms with Crippen LogP contribution in [0.4, 0.5) is 5.69 Å². The summed E-state index contributed by atoms with van der Waals surface area (Å²) in [5.41, 5.74) is -0.109. The van der Waals surface area contributed by atoms with Crippen LogP contribution in [0.5, 0.6) is 0 Å². The van der Waals surface area contributed by atoms with Crippen LogP contribution in [0.3, 0.4) is 0 Å². The number of fused-ring (bicyclic) bond motifs is 1. The molecule has 3 amide bonds. The van der Waals surface area contributed by atoms with Gasteiger partial charge in [0.1, 0.15) is 18.2 Å². The molecule has 5 rings (SSSR count). The van der Waals surface area contributed by atoms with Crippen molar-refractivity contribution in [3.05, 3.63) is 90.5 Å². The van der Waals surface area contributed by atoms with E-state index in [9.17, 15) is 24.3 Å². The Hall–Kier alpha value is -3.99. The van der Waals surface area contributed by atoms with E-state index in [1.54, 1.807) is 36.4 Å². The molecule has 0 unspecified atom stereocenters. The van der Waals surface area contributed by atoms with Crippen LogP contribution in [-0.2, 0) is 28.7 Å². The lowest BCUT2D eigenvalue weighted by Crippen LogP contribution is -2.59. The summed E-state index contributed by atoms with van der Waals surface area (Å²) in [5, 5.41) is 14.0. The minimum atomic E-state index is -1.30. The van der Waals surface area contributed by atoms with Gasteiger partial charge in [-0.3, -0.25) is 19.2 Å². The predicted molar refractivity (Wildman–Crippen MR) is 186 cm³/mol. The molecule has 7 atom stereocenters. The Morgan fingerprint density at radius 2 is 1.86 bits per heavy atom. The van der Waals surface area contributed by atoms with Crippen LogP contribution < -0.4 is 10.2 Å². The minimum Gasteiger partial charge on any atom is -0.463 e. The smallest absolute Gasteiger partial charge is 0.306 e. The summed E-state index contributed by atoms with van der Waals surface area (Å²) < 4.78 is 12.2. The number of nitrogens with zero attached hydrogens (tertiary/aromatic N) is 2. The van der Waals surface area contributed by atoms with E-state index in [1.165, 1.54) is 9.80 Å². The molecule has 0 aromatic heterocycles. The van der Waals surface area contributed by atoms with Crippen LogP contribution in [0.25, 0.3) is 0 Å². The number of aliphatic hydroxyl groups excluding tert-OH is 1. The lowest BCUT2D eigenvalue weighted by Gasteiger charge is -2.39. The Morgan fingerprint density at radius 1 is 1.14 bits per heavy atom. The maximum Gasteiger partial charge on any atom is 0.306 e. The van der Waals surface area contributed by atoms with Gasteiger partial charge in [-0.05, 0) is 49.3 Å². The molecular weight excluding hydrogens is 646 g/mol. The van der Waals surface area contributed by atoms with Crippen LogP contribution in [-0.4, -0.2) is 77.2 Å². The van der Waals surface area contributed by atoms with Crippen molar-refractivity contribution in [2.24, 2.45) is 17.8 Å². The molecule has 0 radical (unpaired) electrons. The highest BCUT2D eigenvalue weighted by atomic mass is 35.5. The van der Waals surface area contributed by atoms with E-state index in [2.05, 4.69) is 18.5 Å². The normalized spacial score (nSPS) is 25.1. The van der Waals surface area contributed by atoms with Gasteiger partial charge in [0.15, 0.2) is 0 Å². The zero-order valence-electron chi connectivity index (χ0n) is 28.1. The molecule has 0 aliphatic carbocycles. The van der Waals surface area contributed by atoms with Gasteiger partial charge in [-0.1, -0.05) is 80.1 Å². The molecule has 10 nitrogen and oxygen atoms in total. The number of aliphatic hydroxyl groups is 1. The SMILES string of the molecule is C=CCCC(=O)OC[C@H](NC(=O)[C@@H]1[C@H]2C(=O)N([C@@H](CO)CC(C)C)[C@H](C(=O)N(CC=C)c3ccccc3Cl)[C@]23CC[C@H]1O3)c1ccccc1. The van der Waals surface area contributed by atoms with Gasteiger partial charge in [0.2, 0.25) is 11.8 Å². The Kier molecular flexibility index (Phi) is 11.6. The fraction of sp³-hybridized carbons (Fsp3) is 0.474. The fourth-order valence-corrected chi connectivity index (χ4v) is 8.02. The van der Waals surface area contributed by atoms with E-state index < -0.39 is 65.4 Å². The first-order valence-electron chi connectivity index (χ1n) is 17.0. The van der Waals surface area contributed by atoms with Crippen LogP contribution in [0.15, 0.2) is 79.9 Å². The zero-order valence-corrected chi connectivity index (χ0v) is 28.9. The number of hydrogen-bond donors (Lipinski definition) is 2. The summed E-state index contributed by atoms with van der Waals surface area (Å²) in [5.74, 6) is -3.42. The highest BCUT2D eigenvalue weighted by Gasteiger charge is 2.75. The van der Waals surface area contributed by atoms with E-state index >= 15 is 0 Å². The quantitative estimate of drug-likeness (QED) is 0.187. The number of amides is 3. The molecule has 11 heteroatoms. The first-order valence-corrected chi connectivity index (χ1v) is 17.3. The first kappa shape index (κ1) is 36.3. The molecular formula is C38H46ClN3O7. The number of nitrogens with one attached hydrogen (secondary N) is 1. The number of anilines is 1. The highest BCUT2D eigenvalue weighted by molar-refractivity contribution is 6.34. The molecule has 2 bridgehead atoms. The van der Waals surface area contributed by atoms with E-state index in [4.69, 9.17) is 21.1 Å². The monoisotopic (exact) mass is 691 g/mol. The molecule has 0 saturated carbocycles. The van der Waals surface area contributed by atoms with Crippen LogP contribution in [0.2, 0.25) is 5.02 Å².